The minimum atomic E-state index is -0.489. The number of nitrogens with zero attached hydrogens (tertiary/aromatic N) is 1. The molecule has 0 saturated carbocycles. The number of amides is 1. The summed E-state index contributed by atoms with van der Waals surface area (Å²) >= 11 is 5.69. The molecule has 21 heavy (non-hydrogen) atoms. The van der Waals surface area contributed by atoms with Crippen molar-refractivity contribution >= 4 is 23.2 Å². The number of nitrogens with one attached hydrogen (secondary N) is 2. The Morgan fingerprint density at radius 2 is 2.38 bits per heavy atom. The average molecular weight is 314 g/mol. The van der Waals surface area contributed by atoms with E-state index in [1.165, 1.54) is 31.0 Å². The van der Waals surface area contributed by atoms with Gasteiger partial charge < -0.3 is 10.6 Å². The number of hydrogen-bond donors (Lipinski definition) is 2. The summed E-state index contributed by atoms with van der Waals surface area (Å²) in [7, 11) is 1.94. The molecule has 116 valence electrons. The van der Waals surface area contributed by atoms with E-state index < -0.39 is 5.82 Å². The molecule has 1 saturated heterocycles. The minimum absolute atomic E-state index is 0.00874. The fourth-order valence-electron chi connectivity index (χ4n) is 2.60. The van der Waals surface area contributed by atoms with Gasteiger partial charge in [-0.2, -0.15) is 0 Å². The second-order valence-corrected chi connectivity index (χ2v) is 5.99. The van der Waals surface area contributed by atoms with Gasteiger partial charge in [-0.05, 0) is 57.1 Å². The van der Waals surface area contributed by atoms with E-state index in [1.807, 2.05) is 11.9 Å². The quantitative estimate of drug-likeness (QED) is 0.877. The third-order valence-electron chi connectivity index (χ3n) is 3.59. The fraction of sp³-hybridized carbons (Fsp3) is 0.533. The highest BCUT2D eigenvalue weighted by Crippen LogP contribution is 2.19. The number of anilines is 1. The lowest BCUT2D eigenvalue weighted by Crippen LogP contribution is -2.39. The Kier molecular flexibility index (Phi) is 5.96. The molecule has 1 atom stereocenters. The van der Waals surface area contributed by atoms with Gasteiger partial charge in [0, 0.05) is 12.2 Å². The van der Waals surface area contributed by atoms with Gasteiger partial charge in [0.15, 0.2) is 0 Å². The largest absolute Gasteiger partial charge is 0.325 e. The van der Waals surface area contributed by atoms with Gasteiger partial charge >= 0.3 is 0 Å². The highest BCUT2D eigenvalue weighted by molar-refractivity contribution is 6.31. The maximum Gasteiger partial charge on any atom is 0.238 e. The van der Waals surface area contributed by atoms with E-state index in [4.69, 9.17) is 11.6 Å². The summed E-state index contributed by atoms with van der Waals surface area (Å²) in [5.74, 6) is -0.0164. The Morgan fingerprint density at radius 1 is 1.57 bits per heavy atom. The molecule has 0 bridgehead atoms. The third kappa shape index (κ3) is 5.26. The topological polar surface area (TPSA) is 44.4 Å². The first-order valence-corrected chi connectivity index (χ1v) is 7.56. The molecule has 1 fully saturated rings. The van der Waals surface area contributed by atoms with Crippen LogP contribution in [0.25, 0.3) is 0 Å². The number of benzene rings is 1. The van der Waals surface area contributed by atoms with Gasteiger partial charge in [-0.3, -0.25) is 9.69 Å². The maximum atomic E-state index is 13.0. The van der Waals surface area contributed by atoms with Crippen LogP contribution in [0.2, 0.25) is 5.02 Å². The monoisotopic (exact) mass is 313 g/mol. The van der Waals surface area contributed by atoms with Crippen LogP contribution < -0.4 is 10.6 Å². The maximum absolute atomic E-state index is 13.0. The molecule has 2 N–H and O–H groups in total. The predicted octanol–water partition coefficient (Wildman–Crippen LogP) is 2.35. The number of hydrogen-bond acceptors (Lipinski definition) is 3. The Labute approximate surface area is 129 Å². The highest BCUT2D eigenvalue weighted by atomic mass is 35.5. The van der Waals surface area contributed by atoms with Crippen molar-refractivity contribution in [1.82, 2.24) is 10.2 Å². The van der Waals surface area contributed by atoms with E-state index in [9.17, 15) is 9.18 Å². The van der Waals surface area contributed by atoms with Crippen molar-refractivity contribution in [3.63, 3.8) is 0 Å². The first kappa shape index (κ1) is 16.2. The molecular formula is C15H21ClFN3O. The highest BCUT2D eigenvalue weighted by Gasteiger charge is 2.16. The van der Waals surface area contributed by atoms with Crippen LogP contribution in [0.1, 0.15) is 12.8 Å². The molecule has 1 aromatic carbocycles. The van der Waals surface area contributed by atoms with Gasteiger partial charge in [0.2, 0.25) is 5.91 Å². The van der Waals surface area contributed by atoms with Crippen molar-refractivity contribution in [2.45, 2.75) is 12.8 Å². The Bertz CT molecular complexity index is 492. The molecule has 1 heterocycles. The van der Waals surface area contributed by atoms with Crippen molar-refractivity contribution in [2.24, 2.45) is 5.92 Å². The first-order chi connectivity index (χ1) is 10.0. The summed E-state index contributed by atoms with van der Waals surface area (Å²) in [6.07, 6.45) is 2.39. The van der Waals surface area contributed by atoms with E-state index in [0.29, 0.717) is 18.2 Å². The molecule has 0 aliphatic carbocycles. The zero-order valence-corrected chi connectivity index (χ0v) is 12.9. The van der Waals surface area contributed by atoms with Gasteiger partial charge in [-0.15, -0.1) is 0 Å². The first-order valence-electron chi connectivity index (χ1n) is 7.19. The van der Waals surface area contributed by atoms with Crippen LogP contribution in [-0.4, -0.2) is 44.0 Å². The third-order valence-corrected chi connectivity index (χ3v) is 3.88. The van der Waals surface area contributed by atoms with Crippen molar-refractivity contribution < 1.29 is 9.18 Å². The van der Waals surface area contributed by atoms with Crippen LogP contribution in [0.4, 0.5) is 10.1 Å². The van der Waals surface area contributed by atoms with Gasteiger partial charge in [0.05, 0.1) is 11.6 Å². The number of rotatable bonds is 5. The lowest BCUT2D eigenvalue weighted by molar-refractivity contribution is -0.117. The zero-order chi connectivity index (χ0) is 15.2. The van der Waals surface area contributed by atoms with Crippen LogP contribution in [0.3, 0.4) is 0 Å². The fourth-order valence-corrected chi connectivity index (χ4v) is 2.79. The van der Waals surface area contributed by atoms with E-state index in [0.717, 1.165) is 19.6 Å². The number of carbonyl (C=O) groups is 1. The number of carbonyl (C=O) groups excluding carboxylic acids is 1. The molecule has 2 rings (SSSR count). The number of piperidine rings is 1. The van der Waals surface area contributed by atoms with Gasteiger partial charge in [-0.1, -0.05) is 11.6 Å². The van der Waals surface area contributed by atoms with Crippen molar-refractivity contribution in [1.29, 1.82) is 0 Å². The summed E-state index contributed by atoms with van der Waals surface area (Å²) in [5, 5.41) is 6.11. The smallest absolute Gasteiger partial charge is 0.238 e. The Hall–Kier alpha value is -1.17. The molecular weight excluding hydrogens is 293 g/mol. The van der Waals surface area contributed by atoms with E-state index >= 15 is 0 Å². The van der Waals surface area contributed by atoms with Crippen LogP contribution in [0.5, 0.6) is 0 Å². The van der Waals surface area contributed by atoms with Crippen LogP contribution >= 0.6 is 11.6 Å². The molecule has 6 heteroatoms. The molecule has 4 nitrogen and oxygen atoms in total. The summed E-state index contributed by atoms with van der Waals surface area (Å²) < 4.78 is 13.0. The average Bonchev–Trinajstić information content (AvgIpc) is 2.43. The van der Waals surface area contributed by atoms with Crippen molar-refractivity contribution in [3.8, 4) is 0 Å². The minimum Gasteiger partial charge on any atom is -0.325 e. The van der Waals surface area contributed by atoms with E-state index in [2.05, 4.69) is 10.6 Å². The number of likely N-dealkylation sites (N-methyl/N-ethyl adjacent to an activating group) is 1. The van der Waals surface area contributed by atoms with Gasteiger partial charge in [0.25, 0.3) is 0 Å². The van der Waals surface area contributed by atoms with Gasteiger partial charge in [0.1, 0.15) is 5.82 Å². The second kappa shape index (κ2) is 7.73. The molecule has 1 amide bonds. The van der Waals surface area contributed by atoms with Gasteiger partial charge in [-0.25, -0.2) is 4.39 Å². The summed E-state index contributed by atoms with van der Waals surface area (Å²) in [6, 6.07) is 4.17. The second-order valence-electron chi connectivity index (χ2n) is 5.59. The standard InChI is InChI=1S/C15H21ClFN3O/c1-20(9-11-3-2-6-18-8-11)10-15(21)19-12-4-5-14(17)13(16)7-12/h4-5,7,11,18H,2-3,6,8-10H2,1H3,(H,19,21). The van der Waals surface area contributed by atoms with Crippen LogP contribution in [0, 0.1) is 11.7 Å². The molecule has 0 radical (unpaired) electrons. The lowest BCUT2D eigenvalue weighted by Gasteiger charge is -2.27. The lowest BCUT2D eigenvalue weighted by atomic mass is 9.99. The van der Waals surface area contributed by atoms with Crippen molar-refractivity contribution in [3.05, 3.63) is 29.0 Å². The van der Waals surface area contributed by atoms with Crippen LogP contribution in [-0.2, 0) is 4.79 Å². The predicted molar refractivity (Wildman–Crippen MR) is 83.1 cm³/mol. The van der Waals surface area contributed by atoms with Crippen LogP contribution in [0.15, 0.2) is 18.2 Å². The molecule has 0 aromatic heterocycles. The summed E-state index contributed by atoms with van der Waals surface area (Å²) in [5.41, 5.74) is 0.513. The normalized spacial score (nSPS) is 18.8. The SMILES string of the molecule is CN(CC(=O)Nc1ccc(F)c(Cl)c1)CC1CCCNC1. The molecule has 1 aliphatic heterocycles. The molecule has 1 unspecified atom stereocenters. The van der Waals surface area contributed by atoms with E-state index in [1.54, 1.807) is 0 Å². The Morgan fingerprint density at radius 3 is 3.05 bits per heavy atom. The molecule has 1 aliphatic rings. The van der Waals surface area contributed by atoms with Crippen molar-refractivity contribution in [2.75, 3.05) is 38.5 Å². The molecule has 1 aromatic rings. The Balaban J connectivity index is 1.78. The zero-order valence-electron chi connectivity index (χ0n) is 12.2. The summed E-state index contributed by atoms with van der Waals surface area (Å²) in [4.78, 5) is 14.0. The molecule has 0 spiro atoms. The van der Waals surface area contributed by atoms with E-state index in [-0.39, 0.29) is 10.9 Å². The summed E-state index contributed by atoms with van der Waals surface area (Å²) in [6.45, 7) is 3.31. The number of halogens is 2.